The first-order chi connectivity index (χ1) is 9.34. The third-order valence-electron chi connectivity index (χ3n) is 3.40. The molecule has 0 unspecified atom stereocenters. The maximum atomic E-state index is 5.93. The van der Waals surface area contributed by atoms with Crippen molar-refractivity contribution in [1.29, 1.82) is 0 Å². The van der Waals surface area contributed by atoms with Gasteiger partial charge in [0, 0.05) is 5.56 Å². The van der Waals surface area contributed by atoms with Crippen LogP contribution in [0.1, 0.15) is 18.1 Å². The van der Waals surface area contributed by atoms with Crippen LogP contribution in [0.5, 0.6) is 0 Å². The minimum atomic E-state index is -0.736. The highest BCUT2D eigenvalue weighted by atomic mass is 35.5. The Morgan fingerprint density at radius 3 is 2.65 bits per heavy atom. The molecule has 1 aromatic carbocycles. The Kier molecular flexibility index (Phi) is 4.75. The maximum absolute atomic E-state index is 5.93. The molecule has 2 aromatic rings. The monoisotopic (exact) mass is 295 g/mol. The predicted octanol–water partition coefficient (Wildman–Crippen LogP) is 2.16. The number of aromatic nitrogens is 3. The van der Waals surface area contributed by atoms with E-state index in [0.29, 0.717) is 19.8 Å². The molecule has 108 valence electrons. The van der Waals surface area contributed by atoms with Crippen LogP contribution in [0.4, 0.5) is 0 Å². The molecule has 3 rings (SSSR count). The Labute approximate surface area is 124 Å². The van der Waals surface area contributed by atoms with E-state index in [1.807, 2.05) is 12.1 Å². The number of ether oxygens (including phenoxy) is 2. The largest absolute Gasteiger partial charge is 0.342 e. The molecular formula is C14H18ClN3O2. The van der Waals surface area contributed by atoms with E-state index in [2.05, 4.69) is 29.1 Å². The summed E-state index contributed by atoms with van der Waals surface area (Å²) in [6.07, 6.45) is 4.15. The Hall–Kier alpha value is -1.43. The lowest BCUT2D eigenvalue weighted by Crippen LogP contribution is -2.34. The molecule has 0 bridgehead atoms. The topological polar surface area (TPSA) is 49.2 Å². The zero-order valence-corrected chi connectivity index (χ0v) is 12.2. The van der Waals surface area contributed by atoms with Crippen molar-refractivity contribution in [3.05, 3.63) is 48.0 Å². The lowest BCUT2D eigenvalue weighted by Gasteiger charge is -2.29. The van der Waals surface area contributed by atoms with Gasteiger partial charge in [0.1, 0.15) is 19.2 Å². The highest BCUT2D eigenvalue weighted by molar-refractivity contribution is 5.85. The van der Waals surface area contributed by atoms with Crippen LogP contribution in [0.2, 0.25) is 0 Å². The molecule has 0 saturated carbocycles. The molecule has 0 N–H and O–H groups in total. The van der Waals surface area contributed by atoms with Crippen LogP contribution in [-0.2, 0) is 28.2 Å². The molecule has 1 aromatic heterocycles. The minimum Gasteiger partial charge on any atom is -0.342 e. The van der Waals surface area contributed by atoms with Crippen molar-refractivity contribution >= 4 is 12.4 Å². The van der Waals surface area contributed by atoms with E-state index in [4.69, 9.17) is 9.47 Å². The molecule has 0 aliphatic carbocycles. The van der Waals surface area contributed by atoms with Crippen molar-refractivity contribution in [3.8, 4) is 0 Å². The fraction of sp³-hybridized carbons (Fsp3) is 0.429. The van der Waals surface area contributed by atoms with Gasteiger partial charge in [-0.3, -0.25) is 0 Å². The molecule has 1 aliphatic heterocycles. The Balaban J connectivity index is 0.00000147. The first-order valence-electron chi connectivity index (χ1n) is 6.53. The highest BCUT2D eigenvalue weighted by Crippen LogP contribution is 2.35. The zero-order chi connectivity index (χ0) is 13.1. The van der Waals surface area contributed by atoms with Gasteiger partial charge in [-0.1, -0.05) is 31.2 Å². The highest BCUT2D eigenvalue weighted by Gasteiger charge is 2.40. The molecule has 1 aliphatic rings. The van der Waals surface area contributed by atoms with Crippen LogP contribution in [0.3, 0.4) is 0 Å². The number of rotatable bonds is 4. The van der Waals surface area contributed by atoms with E-state index in [-0.39, 0.29) is 12.4 Å². The SMILES string of the molecule is CCc1ccccc1C1(Cn2cncn2)OCCO1.Cl. The molecule has 1 saturated heterocycles. The molecule has 0 amide bonds. The van der Waals surface area contributed by atoms with Gasteiger partial charge in [-0.2, -0.15) is 5.10 Å². The smallest absolute Gasteiger partial charge is 0.215 e. The summed E-state index contributed by atoms with van der Waals surface area (Å²) >= 11 is 0. The number of nitrogens with zero attached hydrogens (tertiary/aromatic N) is 3. The number of halogens is 1. The van der Waals surface area contributed by atoms with Gasteiger partial charge in [0.05, 0.1) is 13.2 Å². The third kappa shape index (κ3) is 2.70. The minimum absolute atomic E-state index is 0. The fourth-order valence-corrected chi connectivity index (χ4v) is 2.51. The van der Waals surface area contributed by atoms with E-state index in [0.717, 1.165) is 12.0 Å². The maximum Gasteiger partial charge on any atom is 0.215 e. The number of hydrogen-bond acceptors (Lipinski definition) is 4. The molecule has 0 atom stereocenters. The quantitative estimate of drug-likeness (QED) is 0.867. The number of aryl methyl sites for hydroxylation is 1. The fourth-order valence-electron chi connectivity index (χ4n) is 2.51. The first-order valence-corrected chi connectivity index (χ1v) is 6.53. The normalized spacial score (nSPS) is 16.9. The molecule has 2 heterocycles. The summed E-state index contributed by atoms with van der Waals surface area (Å²) in [7, 11) is 0. The van der Waals surface area contributed by atoms with E-state index in [9.17, 15) is 0 Å². The summed E-state index contributed by atoms with van der Waals surface area (Å²) in [5, 5.41) is 4.15. The van der Waals surface area contributed by atoms with Gasteiger partial charge in [0.15, 0.2) is 0 Å². The van der Waals surface area contributed by atoms with Crippen molar-refractivity contribution in [2.75, 3.05) is 13.2 Å². The average molecular weight is 296 g/mol. The van der Waals surface area contributed by atoms with Gasteiger partial charge in [-0.05, 0) is 12.0 Å². The summed E-state index contributed by atoms with van der Waals surface area (Å²) in [5.41, 5.74) is 2.33. The molecule has 6 heteroatoms. The van der Waals surface area contributed by atoms with E-state index in [1.54, 1.807) is 11.0 Å². The van der Waals surface area contributed by atoms with Crippen LogP contribution in [0.25, 0.3) is 0 Å². The van der Waals surface area contributed by atoms with Crippen molar-refractivity contribution < 1.29 is 9.47 Å². The predicted molar refractivity (Wildman–Crippen MR) is 76.7 cm³/mol. The first kappa shape index (κ1) is 15.0. The van der Waals surface area contributed by atoms with Crippen LogP contribution < -0.4 is 0 Å². The standard InChI is InChI=1S/C14H17N3O2.ClH/c1-2-12-5-3-4-6-13(12)14(18-7-8-19-14)9-17-11-15-10-16-17;/h3-6,10-11H,2,7-9H2,1H3;1H. The molecule has 20 heavy (non-hydrogen) atoms. The van der Waals surface area contributed by atoms with E-state index >= 15 is 0 Å². The number of benzene rings is 1. The van der Waals surface area contributed by atoms with Crippen LogP contribution >= 0.6 is 12.4 Å². The molecule has 5 nitrogen and oxygen atoms in total. The van der Waals surface area contributed by atoms with Gasteiger partial charge < -0.3 is 9.47 Å². The second-order valence-corrected chi connectivity index (χ2v) is 4.55. The van der Waals surface area contributed by atoms with Crippen LogP contribution in [-0.4, -0.2) is 28.0 Å². The summed E-state index contributed by atoms with van der Waals surface area (Å²) < 4.78 is 13.6. The average Bonchev–Trinajstić information content (AvgIpc) is 3.11. The second-order valence-electron chi connectivity index (χ2n) is 4.55. The van der Waals surface area contributed by atoms with Crippen molar-refractivity contribution in [3.63, 3.8) is 0 Å². The van der Waals surface area contributed by atoms with Gasteiger partial charge in [-0.25, -0.2) is 9.67 Å². The number of hydrogen-bond donors (Lipinski definition) is 0. The molecular weight excluding hydrogens is 278 g/mol. The second kappa shape index (κ2) is 6.35. The Morgan fingerprint density at radius 2 is 2.00 bits per heavy atom. The summed E-state index contributed by atoms with van der Waals surface area (Å²) in [6, 6.07) is 8.24. The molecule has 0 radical (unpaired) electrons. The van der Waals surface area contributed by atoms with Crippen molar-refractivity contribution in [1.82, 2.24) is 14.8 Å². The zero-order valence-electron chi connectivity index (χ0n) is 11.4. The van der Waals surface area contributed by atoms with E-state index in [1.165, 1.54) is 11.9 Å². The van der Waals surface area contributed by atoms with Crippen LogP contribution in [0.15, 0.2) is 36.9 Å². The summed E-state index contributed by atoms with van der Waals surface area (Å²) in [5.74, 6) is -0.736. The van der Waals surface area contributed by atoms with E-state index < -0.39 is 5.79 Å². The Bertz CT molecular complexity index is 539. The van der Waals surface area contributed by atoms with Crippen LogP contribution in [0, 0.1) is 0 Å². The Morgan fingerprint density at radius 1 is 1.25 bits per heavy atom. The van der Waals surface area contributed by atoms with Gasteiger partial charge >= 0.3 is 0 Å². The van der Waals surface area contributed by atoms with Crippen molar-refractivity contribution in [2.24, 2.45) is 0 Å². The van der Waals surface area contributed by atoms with Gasteiger partial charge in [0.25, 0.3) is 0 Å². The lowest BCUT2D eigenvalue weighted by molar-refractivity contribution is -0.178. The third-order valence-corrected chi connectivity index (χ3v) is 3.40. The summed E-state index contributed by atoms with van der Waals surface area (Å²) in [6.45, 7) is 3.86. The van der Waals surface area contributed by atoms with Gasteiger partial charge in [0.2, 0.25) is 5.79 Å². The van der Waals surface area contributed by atoms with Gasteiger partial charge in [-0.15, -0.1) is 12.4 Å². The molecule has 0 spiro atoms. The summed E-state index contributed by atoms with van der Waals surface area (Å²) in [4.78, 5) is 3.97. The molecule has 1 fully saturated rings. The lowest BCUT2D eigenvalue weighted by atomic mass is 9.97. The van der Waals surface area contributed by atoms with Crippen molar-refractivity contribution in [2.45, 2.75) is 25.7 Å².